The second-order valence-corrected chi connectivity index (χ2v) is 15.4. The smallest absolute Gasteiger partial charge is 0.162 e. The van der Waals surface area contributed by atoms with E-state index in [1.54, 1.807) is 0 Å². The molecule has 39 heavy (non-hydrogen) atoms. The molecule has 3 aliphatic rings. The number of likely N-dealkylation sites (tertiary alicyclic amines) is 1. The highest BCUT2D eigenvalue weighted by atomic mass is 127. The molecule has 1 saturated heterocycles. The van der Waals surface area contributed by atoms with Crippen molar-refractivity contribution in [3.05, 3.63) is 65.9 Å². The Bertz CT molecular complexity index is 1560. The van der Waals surface area contributed by atoms with Crippen LogP contribution in [0, 0.1) is 0 Å². The lowest BCUT2D eigenvalue weighted by atomic mass is 9.90. The standard InChI is InChI=1S/C31H34IN4OPS/c1-31(35-16-2-3-17-35)14-12-21-4-5-23(18-24(21)13-15-31)25-19-28-29(34-36(38-32)30(28)33-20-25)22-6-8-26(9-7-22)39(37)27-10-11-27/h4-9,18-20,27,38H,2-3,10-17H2,1H3. The van der Waals surface area contributed by atoms with Gasteiger partial charge >= 0.3 is 0 Å². The van der Waals surface area contributed by atoms with Crippen molar-refractivity contribution < 1.29 is 4.21 Å². The molecule has 0 N–H and O–H groups in total. The van der Waals surface area contributed by atoms with E-state index < -0.39 is 10.8 Å². The molecule has 0 bridgehead atoms. The molecule has 8 heteroatoms. The summed E-state index contributed by atoms with van der Waals surface area (Å²) < 4.78 is 14.6. The van der Waals surface area contributed by atoms with Crippen LogP contribution >= 0.6 is 28.4 Å². The van der Waals surface area contributed by atoms with Gasteiger partial charge in [-0.05, 0) is 128 Å². The molecule has 3 atom stereocenters. The molecular weight excluding hydrogens is 634 g/mol. The molecule has 7 rings (SSSR count). The van der Waals surface area contributed by atoms with Crippen LogP contribution < -0.4 is 0 Å². The van der Waals surface area contributed by atoms with Gasteiger partial charge in [0.15, 0.2) is 5.65 Å². The number of nitrogens with zero attached hydrogens (tertiary/aromatic N) is 4. The Hall–Kier alpha value is -1.67. The third-order valence-electron chi connectivity index (χ3n) is 9.06. The van der Waals surface area contributed by atoms with Crippen LogP contribution in [0.5, 0.6) is 0 Å². The van der Waals surface area contributed by atoms with Gasteiger partial charge in [0.2, 0.25) is 0 Å². The summed E-state index contributed by atoms with van der Waals surface area (Å²) in [4.78, 5) is 8.58. The van der Waals surface area contributed by atoms with Gasteiger partial charge in [-0.25, -0.2) is 9.44 Å². The Labute approximate surface area is 247 Å². The monoisotopic (exact) mass is 668 g/mol. The first kappa shape index (κ1) is 26.2. The lowest BCUT2D eigenvalue weighted by molar-refractivity contribution is 0.118. The van der Waals surface area contributed by atoms with E-state index >= 15 is 0 Å². The SMILES string of the molecule is CC1(N2CCCC2)CCc2ccc(-c3cnc4c(c3)c(-c3ccc(S(=O)C5CC5)cc3)nn4PI)cc2CC1. The van der Waals surface area contributed by atoms with Crippen molar-refractivity contribution in [1.29, 1.82) is 0 Å². The van der Waals surface area contributed by atoms with Gasteiger partial charge in [-0.2, -0.15) is 5.10 Å². The number of rotatable bonds is 6. The first-order valence-corrected chi connectivity index (χ1v) is 19.4. The molecule has 2 fully saturated rings. The van der Waals surface area contributed by atoms with Gasteiger partial charge in [0.05, 0.1) is 17.2 Å². The zero-order valence-corrected chi connectivity index (χ0v) is 26.3. The molecule has 0 amide bonds. The van der Waals surface area contributed by atoms with Crippen molar-refractivity contribution in [3.63, 3.8) is 0 Å². The first-order chi connectivity index (χ1) is 19.0. The van der Waals surface area contributed by atoms with E-state index in [-0.39, 0.29) is 0 Å². The van der Waals surface area contributed by atoms with Gasteiger partial charge in [-0.1, -0.05) is 30.3 Å². The topological polar surface area (TPSA) is 51.0 Å². The van der Waals surface area contributed by atoms with E-state index in [0.717, 1.165) is 58.4 Å². The average molecular weight is 669 g/mol. The molecule has 3 unspecified atom stereocenters. The second-order valence-electron chi connectivity index (χ2n) is 11.6. The summed E-state index contributed by atoms with van der Waals surface area (Å²) in [5.74, 6) is 0. The van der Waals surface area contributed by atoms with Crippen LogP contribution in [0.2, 0.25) is 0 Å². The van der Waals surface area contributed by atoms with Crippen molar-refractivity contribution in [2.24, 2.45) is 0 Å². The number of hydrogen-bond donors (Lipinski definition) is 0. The van der Waals surface area contributed by atoms with Gasteiger partial charge in [0, 0.05) is 38.4 Å². The highest BCUT2D eigenvalue weighted by Crippen LogP contribution is 2.39. The predicted molar refractivity (Wildman–Crippen MR) is 171 cm³/mol. The van der Waals surface area contributed by atoms with Crippen molar-refractivity contribution >= 4 is 50.2 Å². The third-order valence-corrected chi connectivity index (χ3v) is 12.7. The highest BCUT2D eigenvalue weighted by molar-refractivity contribution is 14.2. The van der Waals surface area contributed by atoms with Crippen molar-refractivity contribution in [3.8, 4) is 22.4 Å². The van der Waals surface area contributed by atoms with Gasteiger partial charge in [-0.3, -0.25) is 9.11 Å². The molecule has 0 radical (unpaired) electrons. The Kier molecular flexibility index (Phi) is 7.15. The van der Waals surface area contributed by atoms with Crippen molar-refractivity contribution in [2.75, 3.05) is 13.1 Å². The summed E-state index contributed by atoms with van der Waals surface area (Å²) in [6.07, 6.45) is 12.1. The fraction of sp³-hybridized carbons (Fsp3) is 0.419. The van der Waals surface area contributed by atoms with Crippen LogP contribution in [0.15, 0.2) is 59.6 Å². The van der Waals surface area contributed by atoms with Gasteiger partial charge in [0.1, 0.15) is 5.69 Å². The fourth-order valence-corrected chi connectivity index (χ4v) is 9.20. The Morgan fingerprint density at radius 2 is 1.67 bits per heavy atom. The summed E-state index contributed by atoms with van der Waals surface area (Å²) in [5, 5.41) is 6.37. The number of halogens is 1. The maximum absolute atomic E-state index is 12.6. The summed E-state index contributed by atoms with van der Waals surface area (Å²) in [5.41, 5.74) is 8.62. The molecule has 3 heterocycles. The first-order valence-electron chi connectivity index (χ1n) is 14.2. The zero-order valence-electron chi connectivity index (χ0n) is 22.3. The Morgan fingerprint density at radius 1 is 0.949 bits per heavy atom. The maximum atomic E-state index is 12.6. The Morgan fingerprint density at radius 3 is 2.38 bits per heavy atom. The largest absolute Gasteiger partial charge is 0.298 e. The lowest BCUT2D eigenvalue weighted by Crippen LogP contribution is -2.44. The van der Waals surface area contributed by atoms with Crippen LogP contribution in [-0.2, 0) is 23.6 Å². The highest BCUT2D eigenvalue weighted by Gasteiger charge is 2.35. The summed E-state index contributed by atoms with van der Waals surface area (Å²) >= 11 is 2.37. The lowest BCUT2D eigenvalue weighted by Gasteiger charge is -2.38. The molecule has 2 aliphatic carbocycles. The summed E-state index contributed by atoms with van der Waals surface area (Å²) in [6.45, 7) is 5.02. The molecule has 202 valence electrons. The number of hydrogen-bond acceptors (Lipinski definition) is 4. The van der Waals surface area contributed by atoms with Crippen LogP contribution in [0.25, 0.3) is 33.4 Å². The van der Waals surface area contributed by atoms with E-state index in [4.69, 9.17) is 10.1 Å². The number of fused-ring (bicyclic) bond motifs is 2. The minimum absolute atomic E-state index is 0.320. The zero-order chi connectivity index (χ0) is 26.6. The fourth-order valence-electron chi connectivity index (χ4n) is 6.44. The van der Waals surface area contributed by atoms with E-state index in [9.17, 15) is 4.21 Å². The molecule has 5 nitrogen and oxygen atoms in total. The van der Waals surface area contributed by atoms with E-state index in [2.05, 4.69) is 70.3 Å². The minimum Gasteiger partial charge on any atom is -0.298 e. The normalized spacial score (nSPS) is 22.9. The predicted octanol–water partition coefficient (Wildman–Crippen LogP) is 7.56. The average Bonchev–Trinajstić information content (AvgIpc) is 3.59. The minimum atomic E-state index is -0.890. The number of aryl methyl sites for hydroxylation is 2. The van der Waals surface area contributed by atoms with Crippen molar-refractivity contribution in [1.82, 2.24) is 19.4 Å². The molecule has 1 saturated carbocycles. The molecule has 2 aromatic carbocycles. The van der Waals surface area contributed by atoms with Gasteiger partial charge in [-0.15, -0.1) is 0 Å². The number of benzene rings is 2. The summed E-state index contributed by atoms with van der Waals surface area (Å²) in [7, 11) is -0.890. The van der Waals surface area contributed by atoms with E-state index in [0.29, 0.717) is 17.2 Å². The third kappa shape index (κ3) is 5.02. The molecular formula is C31H34IN4OPS. The number of aromatic nitrogens is 3. The maximum Gasteiger partial charge on any atom is 0.162 e. The van der Waals surface area contributed by atoms with Crippen molar-refractivity contribution in [2.45, 2.75) is 74.0 Å². The van der Waals surface area contributed by atoms with E-state index in [1.165, 1.54) is 55.5 Å². The second kappa shape index (κ2) is 10.6. The molecule has 1 aliphatic heterocycles. The van der Waals surface area contributed by atoms with Crippen LogP contribution in [-0.4, -0.2) is 47.5 Å². The van der Waals surface area contributed by atoms with Crippen LogP contribution in [0.4, 0.5) is 0 Å². The van der Waals surface area contributed by atoms with Gasteiger partial charge in [0.25, 0.3) is 0 Å². The molecule has 0 spiro atoms. The van der Waals surface area contributed by atoms with Gasteiger partial charge < -0.3 is 0 Å². The van der Waals surface area contributed by atoms with E-state index in [1.807, 2.05) is 22.8 Å². The Balaban J connectivity index is 1.21. The summed E-state index contributed by atoms with van der Waals surface area (Å²) in [6, 6.07) is 17.5. The van der Waals surface area contributed by atoms with Crippen LogP contribution in [0.3, 0.4) is 0 Å². The van der Waals surface area contributed by atoms with Crippen LogP contribution in [0.1, 0.15) is 56.6 Å². The number of pyridine rings is 1. The quantitative estimate of drug-likeness (QED) is 0.121. The molecule has 2 aromatic heterocycles. The molecule has 4 aromatic rings.